The summed E-state index contributed by atoms with van der Waals surface area (Å²) >= 11 is 0. The van der Waals surface area contributed by atoms with Crippen LogP contribution in [0.3, 0.4) is 0 Å². The van der Waals surface area contributed by atoms with Crippen LogP contribution in [0.25, 0.3) is 0 Å². The smallest absolute Gasteiger partial charge is 0.163 e. The van der Waals surface area contributed by atoms with Crippen molar-refractivity contribution in [3.8, 4) is 0 Å². The summed E-state index contributed by atoms with van der Waals surface area (Å²) in [6, 6.07) is 0. The normalized spacial score (nSPS) is 13.1. The average molecular weight is 148 g/mol. The Kier molecular flexibility index (Phi) is 5.10. The summed E-state index contributed by atoms with van der Waals surface area (Å²) in [7, 11) is 0. The summed E-state index contributed by atoms with van der Waals surface area (Å²) < 4.78 is 0. The number of hydrogen-bond donors (Lipinski definition) is 3. The zero-order chi connectivity index (χ0) is 7.98. The third-order valence-corrected chi connectivity index (χ3v) is 1.13. The van der Waals surface area contributed by atoms with Crippen molar-refractivity contribution in [2.24, 2.45) is 0 Å². The first-order valence-corrected chi connectivity index (χ1v) is 3.15. The fraction of sp³-hybridized carbons (Fsp3) is 0.833. The van der Waals surface area contributed by atoms with E-state index in [2.05, 4.69) is 0 Å². The molecule has 1 unspecified atom stereocenters. The molecular formula is C6H12O4. The number of carbonyl (C=O) groups is 1. The Balaban J connectivity index is 3.42. The van der Waals surface area contributed by atoms with Gasteiger partial charge in [-0.3, -0.25) is 4.79 Å². The Morgan fingerprint density at radius 3 is 2.40 bits per heavy atom. The third-order valence-electron chi connectivity index (χ3n) is 1.13. The molecule has 0 aliphatic rings. The first kappa shape index (κ1) is 9.55. The molecule has 0 saturated heterocycles. The molecule has 0 spiro atoms. The van der Waals surface area contributed by atoms with E-state index in [1.165, 1.54) is 0 Å². The van der Waals surface area contributed by atoms with Gasteiger partial charge in [-0.25, -0.2) is 0 Å². The van der Waals surface area contributed by atoms with Gasteiger partial charge in [0.2, 0.25) is 0 Å². The summed E-state index contributed by atoms with van der Waals surface area (Å²) in [5.41, 5.74) is 0. The number of carbonyl (C=O) groups excluding carboxylic acids is 1. The van der Waals surface area contributed by atoms with Gasteiger partial charge in [-0.1, -0.05) is 0 Å². The average Bonchev–Trinajstić information content (AvgIpc) is 1.98. The zero-order valence-electron chi connectivity index (χ0n) is 5.66. The van der Waals surface area contributed by atoms with Gasteiger partial charge in [-0.05, 0) is 6.42 Å². The molecule has 0 radical (unpaired) electrons. The van der Waals surface area contributed by atoms with Crippen LogP contribution in [0.1, 0.15) is 12.8 Å². The lowest BCUT2D eigenvalue weighted by molar-refractivity contribution is -0.129. The third kappa shape index (κ3) is 3.55. The minimum absolute atomic E-state index is 0.0656. The van der Waals surface area contributed by atoms with E-state index in [0.29, 0.717) is 6.42 Å². The standard InChI is InChI=1S/C6H12O4/c7-3-1-2-5(9)6(10)4-8/h6-8,10H,1-4H2. The SMILES string of the molecule is O=C(CCCO)C(O)CO. The first-order chi connectivity index (χ1) is 4.72. The van der Waals surface area contributed by atoms with Crippen molar-refractivity contribution < 1.29 is 20.1 Å². The van der Waals surface area contributed by atoms with Crippen LogP contribution in [0.5, 0.6) is 0 Å². The summed E-state index contributed by atoms with van der Waals surface area (Å²) in [5.74, 6) is -0.420. The molecule has 10 heavy (non-hydrogen) atoms. The van der Waals surface area contributed by atoms with E-state index in [-0.39, 0.29) is 13.0 Å². The fourth-order valence-corrected chi connectivity index (χ4v) is 0.522. The molecule has 0 rings (SSSR count). The molecule has 4 heteroatoms. The number of hydrogen-bond acceptors (Lipinski definition) is 4. The van der Waals surface area contributed by atoms with E-state index < -0.39 is 18.5 Å². The first-order valence-electron chi connectivity index (χ1n) is 3.15. The highest BCUT2D eigenvalue weighted by Gasteiger charge is 2.11. The van der Waals surface area contributed by atoms with E-state index >= 15 is 0 Å². The van der Waals surface area contributed by atoms with Gasteiger partial charge in [-0.15, -0.1) is 0 Å². The van der Waals surface area contributed by atoms with Crippen LogP contribution >= 0.6 is 0 Å². The number of aliphatic hydroxyl groups is 3. The molecule has 0 saturated carbocycles. The van der Waals surface area contributed by atoms with Crippen molar-refractivity contribution in [2.45, 2.75) is 18.9 Å². The van der Waals surface area contributed by atoms with Crippen molar-refractivity contribution >= 4 is 5.78 Å². The van der Waals surface area contributed by atoms with Crippen molar-refractivity contribution in [2.75, 3.05) is 13.2 Å². The second-order valence-electron chi connectivity index (χ2n) is 1.99. The summed E-state index contributed by atoms with van der Waals surface area (Å²) in [5, 5.41) is 25.2. The molecule has 4 nitrogen and oxygen atoms in total. The van der Waals surface area contributed by atoms with E-state index in [1.54, 1.807) is 0 Å². The second kappa shape index (κ2) is 5.34. The topological polar surface area (TPSA) is 77.8 Å². The number of rotatable bonds is 5. The minimum Gasteiger partial charge on any atom is -0.396 e. The van der Waals surface area contributed by atoms with Crippen LogP contribution in [-0.2, 0) is 4.79 Å². The molecule has 60 valence electrons. The molecule has 0 aromatic rings. The Morgan fingerprint density at radius 1 is 1.40 bits per heavy atom. The molecule has 0 heterocycles. The quantitative estimate of drug-likeness (QED) is 0.452. The van der Waals surface area contributed by atoms with E-state index in [1.807, 2.05) is 0 Å². The van der Waals surface area contributed by atoms with Gasteiger partial charge in [0.15, 0.2) is 5.78 Å². The fourth-order valence-electron chi connectivity index (χ4n) is 0.522. The maximum atomic E-state index is 10.6. The van der Waals surface area contributed by atoms with Crippen LogP contribution in [-0.4, -0.2) is 40.4 Å². The highest BCUT2D eigenvalue weighted by atomic mass is 16.3. The maximum absolute atomic E-state index is 10.6. The largest absolute Gasteiger partial charge is 0.396 e. The van der Waals surface area contributed by atoms with Crippen LogP contribution < -0.4 is 0 Å². The molecule has 0 aromatic heterocycles. The van der Waals surface area contributed by atoms with E-state index in [0.717, 1.165) is 0 Å². The number of aliphatic hydroxyl groups excluding tert-OH is 3. The molecule has 0 fully saturated rings. The summed E-state index contributed by atoms with van der Waals surface area (Å²) in [4.78, 5) is 10.6. The maximum Gasteiger partial charge on any atom is 0.163 e. The molecule has 0 amide bonds. The molecule has 0 aliphatic carbocycles. The van der Waals surface area contributed by atoms with Crippen LogP contribution in [0, 0.1) is 0 Å². The Labute approximate surface area is 59.1 Å². The van der Waals surface area contributed by atoms with Gasteiger partial charge in [0.1, 0.15) is 6.10 Å². The van der Waals surface area contributed by atoms with Gasteiger partial charge >= 0.3 is 0 Å². The Hall–Kier alpha value is -0.450. The number of ketones is 1. The van der Waals surface area contributed by atoms with Crippen LogP contribution in [0.4, 0.5) is 0 Å². The van der Waals surface area contributed by atoms with Crippen molar-refractivity contribution in [3.63, 3.8) is 0 Å². The Bertz CT molecular complexity index is 102. The summed E-state index contributed by atoms with van der Waals surface area (Å²) in [6.45, 7) is -0.603. The van der Waals surface area contributed by atoms with Gasteiger partial charge in [0, 0.05) is 13.0 Å². The van der Waals surface area contributed by atoms with Crippen molar-refractivity contribution in [3.05, 3.63) is 0 Å². The predicted octanol–water partition coefficient (Wildman–Crippen LogP) is -1.32. The zero-order valence-corrected chi connectivity index (χ0v) is 5.66. The summed E-state index contributed by atoms with van der Waals surface area (Å²) in [6.07, 6.45) is -0.805. The van der Waals surface area contributed by atoms with E-state index in [4.69, 9.17) is 15.3 Å². The van der Waals surface area contributed by atoms with Gasteiger partial charge < -0.3 is 15.3 Å². The second-order valence-corrected chi connectivity index (χ2v) is 1.99. The lowest BCUT2D eigenvalue weighted by Crippen LogP contribution is -2.24. The molecule has 0 bridgehead atoms. The van der Waals surface area contributed by atoms with Crippen molar-refractivity contribution in [1.29, 1.82) is 0 Å². The molecule has 3 N–H and O–H groups in total. The van der Waals surface area contributed by atoms with Crippen LogP contribution in [0.15, 0.2) is 0 Å². The van der Waals surface area contributed by atoms with Gasteiger partial charge in [0.25, 0.3) is 0 Å². The molecule has 0 aromatic carbocycles. The lowest BCUT2D eigenvalue weighted by Gasteiger charge is -2.03. The monoisotopic (exact) mass is 148 g/mol. The Morgan fingerprint density at radius 2 is 2.00 bits per heavy atom. The number of Topliss-reactive ketones (excluding diaryl/α,β-unsaturated/α-hetero) is 1. The van der Waals surface area contributed by atoms with Gasteiger partial charge in [-0.2, -0.15) is 0 Å². The minimum atomic E-state index is -1.27. The lowest BCUT2D eigenvalue weighted by atomic mass is 10.1. The highest BCUT2D eigenvalue weighted by Crippen LogP contribution is 1.94. The molecule has 0 aliphatic heterocycles. The highest BCUT2D eigenvalue weighted by molar-refractivity contribution is 5.82. The van der Waals surface area contributed by atoms with Crippen LogP contribution in [0.2, 0.25) is 0 Å². The van der Waals surface area contributed by atoms with Gasteiger partial charge in [0.05, 0.1) is 6.61 Å². The van der Waals surface area contributed by atoms with E-state index in [9.17, 15) is 4.79 Å². The molecule has 1 atom stereocenters. The van der Waals surface area contributed by atoms with Crippen molar-refractivity contribution in [1.82, 2.24) is 0 Å². The predicted molar refractivity (Wildman–Crippen MR) is 34.4 cm³/mol. The molecular weight excluding hydrogens is 136 g/mol.